The molecular formula is C15H19N5O. The van der Waals surface area contributed by atoms with Crippen LogP contribution in [0.2, 0.25) is 0 Å². The van der Waals surface area contributed by atoms with Crippen LogP contribution in [-0.2, 0) is 19.4 Å². The smallest absolute Gasteiger partial charge is 0.129 e. The number of hydrogen-bond acceptors (Lipinski definition) is 5. The highest BCUT2D eigenvalue weighted by atomic mass is 16.3. The van der Waals surface area contributed by atoms with E-state index in [1.807, 2.05) is 6.07 Å². The lowest BCUT2D eigenvalue weighted by Crippen LogP contribution is -2.27. The molecule has 0 spiro atoms. The molecule has 0 saturated heterocycles. The lowest BCUT2D eigenvalue weighted by molar-refractivity contribution is 0.0732. The first-order valence-corrected chi connectivity index (χ1v) is 7.58. The minimum Gasteiger partial charge on any atom is -0.393 e. The van der Waals surface area contributed by atoms with Gasteiger partial charge in [-0.3, -0.25) is 5.10 Å². The molecule has 1 fully saturated rings. The number of rotatable bonds is 4. The Hall–Kier alpha value is -1.95. The van der Waals surface area contributed by atoms with Crippen LogP contribution in [0.5, 0.6) is 0 Å². The van der Waals surface area contributed by atoms with Gasteiger partial charge in [-0.25, -0.2) is 9.97 Å². The Labute approximate surface area is 123 Å². The van der Waals surface area contributed by atoms with Crippen molar-refractivity contribution in [2.24, 2.45) is 0 Å². The van der Waals surface area contributed by atoms with E-state index >= 15 is 0 Å². The van der Waals surface area contributed by atoms with Crippen molar-refractivity contribution < 1.29 is 5.11 Å². The Kier molecular flexibility index (Phi) is 3.11. The van der Waals surface area contributed by atoms with Crippen molar-refractivity contribution in [2.75, 3.05) is 5.32 Å². The van der Waals surface area contributed by atoms with E-state index in [9.17, 15) is 5.11 Å². The molecule has 0 atom stereocenters. The Bertz CT molecular complexity index is 647. The zero-order valence-electron chi connectivity index (χ0n) is 11.8. The van der Waals surface area contributed by atoms with Crippen molar-refractivity contribution in [3.05, 3.63) is 35.0 Å². The number of anilines is 1. The molecule has 0 unspecified atom stereocenters. The van der Waals surface area contributed by atoms with Gasteiger partial charge in [-0.05, 0) is 37.7 Å². The monoisotopic (exact) mass is 285 g/mol. The van der Waals surface area contributed by atoms with E-state index in [-0.39, 0.29) is 6.10 Å². The van der Waals surface area contributed by atoms with E-state index < -0.39 is 0 Å². The van der Waals surface area contributed by atoms with Crippen molar-refractivity contribution >= 4 is 5.82 Å². The van der Waals surface area contributed by atoms with Gasteiger partial charge in [-0.2, -0.15) is 5.10 Å². The maximum Gasteiger partial charge on any atom is 0.129 e. The van der Waals surface area contributed by atoms with Crippen molar-refractivity contribution in [1.82, 2.24) is 20.2 Å². The van der Waals surface area contributed by atoms with Crippen LogP contribution in [-0.4, -0.2) is 31.4 Å². The summed E-state index contributed by atoms with van der Waals surface area (Å²) in [6.07, 6.45) is 6.51. The molecule has 6 heteroatoms. The summed E-state index contributed by atoms with van der Waals surface area (Å²) < 4.78 is 0. The van der Waals surface area contributed by atoms with Crippen LogP contribution in [0, 0.1) is 0 Å². The van der Waals surface area contributed by atoms with Crippen molar-refractivity contribution in [1.29, 1.82) is 0 Å². The second-order valence-electron chi connectivity index (χ2n) is 5.98. The van der Waals surface area contributed by atoms with Gasteiger partial charge < -0.3 is 10.4 Å². The lowest BCUT2D eigenvalue weighted by Gasteiger charge is -2.30. The van der Waals surface area contributed by atoms with Crippen molar-refractivity contribution in [2.45, 2.75) is 50.7 Å². The molecule has 0 aliphatic heterocycles. The van der Waals surface area contributed by atoms with Gasteiger partial charge in [-0.15, -0.1) is 0 Å². The predicted octanol–water partition coefficient (Wildman–Crippen LogP) is 1.54. The Morgan fingerprint density at radius 2 is 2.19 bits per heavy atom. The highest BCUT2D eigenvalue weighted by Crippen LogP contribution is 2.36. The Balaban J connectivity index is 1.43. The molecule has 0 amide bonds. The zero-order chi connectivity index (χ0) is 14.2. The zero-order valence-corrected chi connectivity index (χ0v) is 11.8. The standard InChI is InChI=1S/C15H19N5O/c21-10-4-9(5-10)13-6-15(18-8-17-13)16-7-14-11-2-1-3-12(11)19-20-14/h6,8-10,21H,1-5,7H2,(H,19,20)(H,16,17,18). The quantitative estimate of drug-likeness (QED) is 0.793. The second-order valence-corrected chi connectivity index (χ2v) is 5.98. The van der Waals surface area contributed by atoms with Gasteiger partial charge in [0.15, 0.2) is 0 Å². The third-order valence-electron chi connectivity index (χ3n) is 4.55. The summed E-state index contributed by atoms with van der Waals surface area (Å²) in [5.74, 6) is 1.20. The first-order valence-electron chi connectivity index (χ1n) is 7.58. The summed E-state index contributed by atoms with van der Waals surface area (Å²) in [5.41, 5.74) is 4.78. The third-order valence-corrected chi connectivity index (χ3v) is 4.55. The topological polar surface area (TPSA) is 86.7 Å². The molecule has 2 aliphatic carbocycles. The summed E-state index contributed by atoms with van der Waals surface area (Å²) in [4.78, 5) is 8.58. The molecule has 21 heavy (non-hydrogen) atoms. The van der Waals surface area contributed by atoms with Gasteiger partial charge in [0.25, 0.3) is 0 Å². The second kappa shape index (κ2) is 5.11. The van der Waals surface area contributed by atoms with Crippen LogP contribution in [0.25, 0.3) is 0 Å². The summed E-state index contributed by atoms with van der Waals surface area (Å²) in [7, 11) is 0. The van der Waals surface area contributed by atoms with E-state index in [1.165, 1.54) is 17.7 Å². The minimum absolute atomic E-state index is 0.159. The maximum atomic E-state index is 9.40. The summed E-state index contributed by atoms with van der Waals surface area (Å²) in [6, 6.07) is 1.99. The molecule has 4 rings (SSSR count). The van der Waals surface area contributed by atoms with Crippen LogP contribution in [0.15, 0.2) is 12.4 Å². The first kappa shape index (κ1) is 12.8. The van der Waals surface area contributed by atoms with Gasteiger partial charge in [-0.1, -0.05) is 0 Å². The molecule has 0 aromatic carbocycles. The summed E-state index contributed by atoms with van der Waals surface area (Å²) in [6.45, 7) is 0.690. The molecule has 0 bridgehead atoms. The van der Waals surface area contributed by atoms with Crippen LogP contribution in [0.3, 0.4) is 0 Å². The van der Waals surface area contributed by atoms with Crippen LogP contribution >= 0.6 is 0 Å². The number of aryl methyl sites for hydroxylation is 1. The lowest BCUT2D eigenvalue weighted by atomic mass is 9.80. The fourth-order valence-electron chi connectivity index (χ4n) is 3.23. The summed E-state index contributed by atoms with van der Waals surface area (Å²) >= 11 is 0. The number of fused-ring (bicyclic) bond motifs is 1. The number of aromatic amines is 1. The maximum absolute atomic E-state index is 9.40. The van der Waals surface area contributed by atoms with Gasteiger partial charge in [0.1, 0.15) is 12.1 Å². The van der Waals surface area contributed by atoms with Gasteiger partial charge in [0.05, 0.1) is 18.3 Å². The number of aliphatic hydroxyl groups is 1. The molecular weight excluding hydrogens is 266 g/mol. The van der Waals surface area contributed by atoms with Gasteiger partial charge in [0.2, 0.25) is 0 Å². The molecule has 3 N–H and O–H groups in total. The fourth-order valence-corrected chi connectivity index (χ4v) is 3.23. The molecule has 2 aromatic heterocycles. The molecule has 2 heterocycles. The number of nitrogens with zero attached hydrogens (tertiary/aromatic N) is 3. The van der Waals surface area contributed by atoms with Gasteiger partial charge in [0, 0.05) is 23.4 Å². The molecule has 2 aliphatic rings. The molecule has 2 aromatic rings. The Morgan fingerprint density at radius 3 is 3.05 bits per heavy atom. The highest BCUT2D eigenvalue weighted by molar-refractivity contribution is 5.39. The molecule has 6 nitrogen and oxygen atoms in total. The average molecular weight is 285 g/mol. The van der Waals surface area contributed by atoms with E-state index in [2.05, 4.69) is 25.5 Å². The Morgan fingerprint density at radius 1 is 1.29 bits per heavy atom. The first-order chi connectivity index (χ1) is 10.3. The predicted molar refractivity (Wildman–Crippen MR) is 78.0 cm³/mol. The number of H-pyrrole nitrogens is 1. The normalized spacial score (nSPS) is 23.7. The number of nitrogens with one attached hydrogen (secondary N) is 2. The van der Waals surface area contributed by atoms with Crippen LogP contribution in [0.4, 0.5) is 5.82 Å². The number of aliphatic hydroxyl groups excluding tert-OH is 1. The van der Waals surface area contributed by atoms with E-state index in [0.29, 0.717) is 12.5 Å². The molecule has 1 saturated carbocycles. The van der Waals surface area contributed by atoms with Crippen molar-refractivity contribution in [3.8, 4) is 0 Å². The summed E-state index contributed by atoms with van der Waals surface area (Å²) in [5, 5.41) is 20.2. The van der Waals surface area contributed by atoms with Crippen molar-refractivity contribution in [3.63, 3.8) is 0 Å². The third kappa shape index (κ3) is 2.40. The van der Waals surface area contributed by atoms with E-state index in [0.717, 1.165) is 42.9 Å². The molecule has 110 valence electrons. The van der Waals surface area contributed by atoms with Crippen LogP contribution in [0.1, 0.15) is 47.8 Å². The van der Waals surface area contributed by atoms with E-state index in [1.54, 1.807) is 6.33 Å². The highest BCUT2D eigenvalue weighted by Gasteiger charge is 2.29. The number of hydrogen-bond donors (Lipinski definition) is 3. The fraction of sp³-hybridized carbons (Fsp3) is 0.533. The SMILES string of the molecule is OC1CC(c2cc(NCc3n[nH]c4c3CCC4)ncn2)C1. The number of aromatic nitrogens is 4. The molecule has 0 radical (unpaired) electrons. The van der Waals surface area contributed by atoms with Crippen LogP contribution < -0.4 is 5.32 Å². The minimum atomic E-state index is -0.159. The van der Waals surface area contributed by atoms with Gasteiger partial charge >= 0.3 is 0 Å². The largest absolute Gasteiger partial charge is 0.393 e. The van der Waals surface area contributed by atoms with E-state index in [4.69, 9.17) is 0 Å². The average Bonchev–Trinajstić information content (AvgIpc) is 3.05.